The van der Waals surface area contributed by atoms with Crippen molar-refractivity contribution >= 4 is 23.4 Å². The maximum absolute atomic E-state index is 13.2. The number of carbonyl (C=O) groups excluding carboxylic acids is 1. The number of amides is 1. The molecule has 2 fully saturated rings. The average Bonchev–Trinajstić information content (AvgIpc) is 2.84. The monoisotopic (exact) mass is 425 g/mol. The van der Waals surface area contributed by atoms with Crippen LogP contribution in [0.3, 0.4) is 0 Å². The second kappa shape index (κ2) is 9.75. The minimum Gasteiger partial charge on any atom is -0.497 e. The summed E-state index contributed by atoms with van der Waals surface area (Å²) in [5.74, 6) is 1.08. The summed E-state index contributed by atoms with van der Waals surface area (Å²) in [6.07, 6.45) is 4.29. The molecule has 0 saturated carbocycles. The molecule has 0 aliphatic carbocycles. The van der Waals surface area contributed by atoms with Gasteiger partial charge in [0, 0.05) is 55.9 Å². The molecule has 0 radical (unpaired) electrons. The van der Waals surface area contributed by atoms with Crippen molar-refractivity contribution in [3.63, 3.8) is 0 Å². The molecule has 0 unspecified atom stereocenters. The van der Waals surface area contributed by atoms with E-state index in [-0.39, 0.29) is 5.91 Å². The Balaban J connectivity index is 1.35. The van der Waals surface area contributed by atoms with E-state index in [2.05, 4.69) is 26.8 Å². The van der Waals surface area contributed by atoms with Gasteiger partial charge in [0.2, 0.25) is 0 Å². The molecule has 1 atom stereocenters. The average molecular weight is 426 g/mol. The van der Waals surface area contributed by atoms with Gasteiger partial charge in [-0.15, -0.1) is 11.8 Å². The standard InChI is InChI=1S/C24H31N3O2S/c1-29-21-11-9-19(10-12-21)25-14-16-26(17-15-25)20-6-5-13-27(18-20)24(28)22-7-3-4-8-23(22)30-2/h3-4,7-12,20H,5-6,13-18H2,1-2H3/t20-/m1/s1. The SMILES string of the molecule is COc1ccc(N2CCN([C@@H]3CCCN(C(=O)c4ccccc4SC)C3)CC2)cc1. The summed E-state index contributed by atoms with van der Waals surface area (Å²) in [6.45, 7) is 5.83. The third kappa shape index (κ3) is 4.60. The molecule has 2 aliphatic rings. The van der Waals surface area contributed by atoms with Crippen molar-refractivity contribution in [3.8, 4) is 5.75 Å². The van der Waals surface area contributed by atoms with E-state index in [0.717, 1.165) is 61.9 Å². The quantitative estimate of drug-likeness (QED) is 0.680. The molecule has 1 amide bonds. The molecular weight excluding hydrogens is 394 g/mol. The molecule has 0 N–H and O–H groups in total. The van der Waals surface area contributed by atoms with E-state index in [0.29, 0.717) is 6.04 Å². The summed E-state index contributed by atoms with van der Waals surface area (Å²) in [7, 11) is 1.70. The molecule has 6 heteroatoms. The van der Waals surface area contributed by atoms with Gasteiger partial charge in [-0.3, -0.25) is 9.69 Å². The predicted octanol–water partition coefficient (Wildman–Crippen LogP) is 3.84. The van der Waals surface area contributed by atoms with Gasteiger partial charge in [-0.25, -0.2) is 0 Å². The van der Waals surface area contributed by atoms with Crippen molar-refractivity contribution in [2.24, 2.45) is 0 Å². The van der Waals surface area contributed by atoms with Crippen molar-refractivity contribution in [1.29, 1.82) is 0 Å². The van der Waals surface area contributed by atoms with Crippen LogP contribution in [-0.4, -0.2) is 74.4 Å². The number of likely N-dealkylation sites (tertiary alicyclic amines) is 1. The first-order valence-corrected chi connectivity index (χ1v) is 12.0. The van der Waals surface area contributed by atoms with Crippen LogP contribution in [0.15, 0.2) is 53.4 Å². The molecule has 0 aromatic heterocycles. The number of ether oxygens (including phenoxy) is 1. The van der Waals surface area contributed by atoms with Crippen LogP contribution in [-0.2, 0) is 0 Å². The maximum Gasteiger partial charge on any atom is 0.255 e. The van der Waals surface area contributed by atoms with E-state index in [9.17, 15) is 4.79 Å². The zero-order valence-corrected chi connectivity index (χ0v) is 18.7. The summed E-state index contributed by atoms with van der Waals surface area (Å²) in [5.41, 5.74) is 2.10. The van der Waals surface area contributed by atoms with Crippen LogP contribution in [0.5, 0.6) is 5.75 Å². The molecule has 0 bridgehead atoms. The number of rotatable bonds is 5. The van der Waals surface area contributed by atoms with Crippen LogP contribution in [0.2, 0.25) is 0 Å². The first kappa shape index (κ1) is 21.1. The summed E-state index contributed by atoms with van der Waals surface area (Å²) < 4.78 is 5.27. The molecule has 2 aromatic carbocycles. The van der Waals surface area contributed by atoms with Gasteiger partial charge in [-0.1, -0.05) is 12.1 Å². The van der Waals surface area contributed by atoms with E-state index in [1.54, 1.807) is 18.9 Å². The smallest absolute Gasteiger partial charge is 0.255 e. The number of carbonyl (C=O) groups is 1. The Hall–Kier alpha value is -2.18. The fourth-order valence-electron chi connectivity index (χ4n) is 4.57. The lowest BCUT2D eigenvalue weighted by Gasteiger charge is -2.44. The lowest BCUT2D eigenvalue weighted by Crippen LogP contribution is -2.55. The minimum absolute atomic E-state index is 0.182. The van der Waals surface area contributed by atoms with Gasteiger partial charge in [0.25, 0.3) is 5.91 Å². The van der Waals surface area contributed by atoms with Gasteiger partial charge in [0.15, 0.2) is 0 Å². The highest BCUT2D eigenvalue weighted by atomic mass is 32.2. The van der Waals surface area contributed by atoms with Crippen LogP contribution >= 0.6 is 11.8 Å². The number of benzene rings is 2. The second-order valence-corrected chi connectivity index (χ2v) is 8.82. The molecule has 2 heterocycles. The molecule has 2 saturated heterocycles. The van der Waals surface area contributed by atoms with Gasteiger partial charge < -0.3 is 14.5 Å². The van der Waals surface area contributed by atoms with E-state index in [1.165, 1.54) is 12.1 Å². The predicted molar refractivity (Wildman–Crippen MR) is 124 cm³/mol. The number of methoxy groups -OCH3 is 1. The lowest BCUT2D eigenvalue weighted by atomic mass is 10.0. The fraction of sp³-hybridized carbons (Fsp3) is 0.458. The fourth-order valence-corrected chi connectivity index (χ4v) is 5.16. The molecule has 2 aromatic rings. The Morgan fingerprint density at radius 2 is 1.73 bits per heavy atom. The summed E-state index contributed by atoms with van der Waals surface area (Å²) in [4.78, 5) is 21.3. The molecule has 5 nitrogen and oxygen atoms in total. The Bertz CT molecular complexity index is 850. The number of piperidine rings is 1. The molecular formula is C24H31N3O2S. The highest BCUT2D eigenvalue weighted by Gasteiger charge is 2.31. The molecule has 2 aliphatic heterocycles. The Labute approximate surface area is 184 Å². The summed E-state index contributed by atoms with van der Waals surface area (Å²) >= 11 is 1.65. The minimum atomic E-state index is 0.182. The van der Waals surface area contributed by atoms with Crippen LogP contribution in [0, 0.1) is 0 Å². The van der Waals surface area contributed by atoms with Crippen molar-refractivity contribution in [1.82, 2.24) is 9.80 Å². The molecule has 0 spiro atoms. The highest BCUT2D eigenvalue weighted by molar-refractivity contribution is 7.98. The largest absolute Gasteiger partial charge is 0.497 e. The number of anilines is 1. The maximum atomic E-state index is 13.2. The first-order chi connectivity index (χ1) is 14.7. The number of hydrogen-bond acceptors (Lipinski definition) is 5. The Morgan fingerprint density at radius 1 is 1.00 bits per heavy atom. The summed E-state index contributed by atoms with van der Waals surface area (Å²) in [5, 5.41) is 0. The number of nitrogens with zero attached hydrogens (tertiary/aromatic N) is 3. The van der Waals surface area contributed by atoms with Crippen molar-refractivity contribution in [3.05, 3.63) is 54.1 Å². The molecule has 4 rings (SSSR count). The zero-order chi connectivity index (χ0) is 20.9. The number of hydrogen-bond donors (Lipinski definition) is 0. The number of thioether (sulfide) groups is 1. The van der Waals surface area contributed by atoms with Crippen molar-refractivity contribution in [2.45, 2.75) is 23.8 Å². The van der Waals surface area contributed by atoms with Crippen LogP contribution < -0.4 is 9.64 Å². The third-order valence-electron chi connectivity index (χ3n) is 6.29. The van der Waals surface area contributed by atoms with Gasteiger partial charge in [0.05, 0.1) is 12.7 Å². The van der Waals surface area contributed by atoms with E-state index < -0.39 is 0 Å². The topological polar surface area (TPSA) is 36.0 Å². The van der Waals surface area contributed by atoms with Gasteiger partial charge >= 0.3 is 0 Å². The van der Waals surface area contributed by atoms with E-state index in [1.807, 2.05) is 42.7 Å². The number of piperazine rings is 1. The Morgan fingerprint density at radius 3 is 2.43 bits per heavy atom. The van der Waals surface area contributed by atoms with Crippen LogP contribution in [0.4, 0.5) is 5.69 Å². The normalized spacial score (nSPS) is 20.3. The van der Waals surface area contributed by atoms with Gasteiger partial charge in [-0.05, 0) is 55.5 Å². The van der Waals surface area contributed by atoms with E-state index >= 15 is 0 Å². The molecule has 160 valence electrons. The van der Waals surface area contributed by atoms with Crippen molar-refractivity contribution < 1.29 is 9.53 Å². The van der Waals surface area contributed by atoms with Crippen molar-refractivity contribution in [2.75, 3.05) is 57.5 Å². The van der Waals surface area contributed by atoms with Crippen LogP contribution in [0.25, 0.3) is 0 Å². The summed E-state index contributed by atoms with van der Waals surface area (Å²) in [6, 6.07) is 16.8. The van der Waals surface area contributed by atoms with Gasteiger partial charge in [0.1, 0.15) is 5.75 Å². The van der Waals surface area contributed by atoms with Gasteiger partial charge in [-0.2, -0.15) is 0 Å². The van der Waals surface area contributed by atoms with E-state index in [4.69, 9.17) is 4.74 Å². The first-order valence-electron chi connectivity index (χ1n) is 10.7. The highest BCUT2D eigenvalue weighted by Crippen LogP contribution is 2.26. The second-order valence-electron chi connectivity index (χ2n) is 7.97. The zero-order valence-electron chi connectivity index (χ0n) is 17.9. The van der Waals surface area contributed by atoms with Crippen LogP contribution in [0.1, 0.15) is 23.2 Å². The third-order valence-corrected chi connectivity index (χ3v) is 7.09. The lowest BCUT2D eigenvalue weighted by molar-refractivity contribution is 0.0560. The Kier molecular flexibility index (Phi) is 6.85. The molecule has 30 heavy (non-hydrogen) atoms.